The van der Waals surface area contributed by atoms with Gasteiger partial charge in [-0.1, -0.05) is 0 Å². The quantitative estimate of drug-likeness (QED) is 0.448. The summed E-state index contributed by atoms with van der Waals surface area (Å²) in [6, 6.07) is 0. The second-order valence-corrected chi connectivity index (χ2v) is 4.78. The van der Waals surface area contributed by atoms with Gasteiger partial charge in [0.2, 0.25) is 0 Å². The molecular formula is C10H18O6S. The van der Waals surface area contributed by atoms with Crippen LogP contribution < -0.4 is 0 Å². The highest BCUT2D eigenvalue weighted by Crippen LogP contribution is 1.95. The van der Waals surface area contributed by atoms with Crippen molar-refractivity contribution >= 4 is 22.7 Å². The van der Waals surface area contributed by atoms with Crippen molar-refractivity contribution in [3.63, 3.8) is 0 Å². The third kappa shape index (κ3) is 11.3. The van der Waals surface area contributed by atoms with E-state index >= 15 is 0 Å². The van der Waals surface area contributed by atoms with Crippen molar-refractivity contribution in [3.05, 3.63) is 0 Å². The zero-order valence-corrected chi connectivity index (χ0v) is 10.7. The Morgan fingerprint density at radius 1 is 1.29 bits per heavy atom. The molecule has 0 rings (SSSR count). The molecule has 0 radical (unpaired) electrons. The molecule has 0 aromatic carbocycles. The normalized spacial score (nSPS) is 12.1. The van der Waals surface area contributed by atoms with E-state index in [0.717, 1.165) is 0 Å². The van der Waals surface area contributed by atoms with Crippen molar-refractivity contribution in [2.24, 2.45) is 0 Å². The molecule has 0 aliphatic heterocycles. The molecule has 0 spiro atoms. The van der Waals surface area contributed by atoms with Crippen LogP contribution in [0.5, 0.6) is 0 Å². The Balaban J connectivity index is 3.52. The summed E-state index contributed by atoms with van der Waals surface area (Å²) in [5.74, 6) is -1.46. The summed E-state index contributed by atoms with van der Waals surface area (Å²) in [6.45, 7) is 2.87. The van der Waals surface area contributed by atoms with Gasteiger partial charge >= 0.3 is 11.9 Å². The lowest BCUT2D eigenvalue weighted by molar-refractivity contribution is -0.142. The number of carbonyl (C=O) groups is 2. The largest absolute Gasteiger partial charge is 0.481 e. The highest BCUT2D eigenvalue weighted by Gasteiger charge is 2.09. The van der Waals surface area contributed by atoms with Crippen molar-refractivity contribution in [2.75, 3.05) is 31.3 Å². The molecule has 1 atom stereocenters. The van der Waals surface area contributed by atoms with E-state index in [1.807, 2.05) is 6.92 Å². The molecule has 7 heteroatoms. The lowest BCUT2D eigenvalue weighted by atomic mass is 10.3. The number of carbonyl (C=O) groups excluding carboxylic acids is 1. The topological polar surface area (TPSA) is 89.9 Å². The zero-order valence-electron chi connectivity index (χ0n) is 9.85. The summed E-state index contributed by atoms with van der Waals surface area (Å²) in [5.41, 5.74) is 0. The molecule has 0 aromatic rings. The third-order valence-electron chi connectivity index (χ3n) is 1.74. The number of rotatable bonds is 10. The van der Waals surface area contributed by atoms with E-state index in [9.17, 15) is 13.8 Å². The summed E-state index contributed by atoms with van der Waals surface area (Å²) >= 11 is 0. The molecule has 0 aliphatic carbocycles. The minimum absolute atomic E-state index is 0.0366. The summed E-state index contributed by atoms with van der Waals surface area (Å²) in [6.07, 6.45) is 0.263. The first-order chi connectivity index (χ1) is 8.06. The Morgan fingerprint density at radius 2 is 2.00 bits per heavy atom. The Morgan fingerprint density at radius 3 is 2.59 bits per heavy atom. The molecule has 0 bridgehead atoms. The first-order valence-electron chi connectivity index (χ1n) is 5.36. The standard InChI is InChI=1S/C10H18O6S/c1-2-15-5-6-16-10(13)8-17(14)7-3-4-9(11)12/h2-8H2,1H3,(H,11,12). The van der Waals surface area contributed by atoms with Gasteiger partial charge in [-0.3, -0.25) is 13.8 Å². The van der Waals surface area contributed by atoms with E-state index in [4.69, 9.17) is 14.6 Å². The number of carboxylic acids is 1. The van der Waals surface area contributed by atoms with E-state index in [1.165, 1.54) is 0 Å². The number of esters is 1. The Bertz CT molecular complexity index is 266. The fraction of sp³-hybridized carbons (Fsp3) is 0.800. The van der Waals surface area contributed by atoms with Crippen molar-refractivity contribution in [1.29, 1.82) is 0 Å². The molecule has 6 nitrogen and oxygen atoms in total. The van der Waals surface area contributed by atoms with Crippen LogP contribution in [0.3, 0.4) is 0 Å². The van der Waals surface area contributed by atoms with Gasteiger partial charge in [-0.05, 0) is 13.3 Å². The van der Waals surface area contributed by atoms with Crippen LogP contribution in [0, 0.1) is 0 Å². The van der Waals surface area contributed by atoms with Gasteiger partial charge in [-0.25, -0.2) is 0 Å². The lowest BCUT2D eigenvalue weighted by Gasteiger charge is -2.04. The van der Waals surface area contributed by atoms with Crippen molar-refractivity contribution in [3.8, 4) is 0 Å². The second kappa shape index (κ2) is 10.2. The van der Waals surface area contributed by atoms with Crippen molar-refractivity contribution in [1.82, 2.24) is 0 Å². The molecule has 0 aromatic heterocycles. The summed E-state index contributed by atoms with van der Waals surface area (Å²) < 4.78 is 21.0. The van der Waals surface area contributed by atoms with Gasteiger partial charge in [0.15, 0.2) is 0 Å². The van der Waals surface area contributed by atoms with Crippen LogP contribution in [-0.2, 0) is 29.9 Å². The number of hydrogen-bond acceptors (Lipinski definition) is 5. The Labute approximate surface area is 103 Å². The highest BCUT2D eigenvalue weighted by molar-refractivity contribution is 7.85. The maximum atomic E-state index is 11.3. The van der Waals surface area contributed by atoms with Gasteiger partial charge in [0, 0.05) is 29.6 Å². The SMILES string of the molecule is CCOCCOC(=O)CS(=O)CCCC(=O)O. The predicted molar refractivity (Wildman–Crippen MR) is 62.2 cm³/mol. The van der Waals surface area contributed by atoms with Gasteiger partial charge in [0.05, 0.1) is 6.61 Å². The Hall–Kier alpha value is -0.950. The third-order valence-corrected chi connectivity index (χ3v) is 3.04. The van der Waals surface area contributed by atoms with E-state index < -0.39 is 22.7 Å². The summed E-state index contributed by atoms with van der Waals surface area (Å²) in [5, 5.41) is 8.37. The van der Waals surface area contributed by atoms with Crippen LogP contribution in [0.4, 0.5) is 0 Å². The fourth-order valence-electron chi connectivity index (χ4n) is 0.988. The molecule has 0 saturated carbocycles. The number of aliphatic carboxylic acids is 1. The van der Waals surface area contributed by atoms with E-state index in [1.54, 1.807) is 0 Å². The van der Waals surface area contributed by atoms with Crippen LogP contribution in [0.25, 0.3) is 0 Å². The van der Waals surface area contributed by atoms with Crippen LogP contribution in [-0.4, -0.2) is 52.6 Å². The smallest absolute Gasteiger partial charge is 0.318 e. The highest BCUT2D eigenvalue weighted by atomic mass is 32.2. The average molecular weight is 266 g/mol. The van der Waals surface area contributed by atoms with Gasteiger partial charge in [-0.15, -0.1) is 0 Å². The number of carboxylic acid groups (broad SMARTS) is 1. The second-order valence-electron chi connectivity index (χ2n) is 3.20. The van der Waals surface area contributed by atoms with E-state index in [-0.39, 0.29) is 24.5 Å². The van der Waals surface area contributed by atoms with Crippen LogP contribution in [0.15, 0.2) is 0 Å². The molecule has 0 saturated heterocycles. The monoisotopic (exact) mass is 266 g/mol. The number of ether oxygens (including phenoxy) is 2. The first kappa shape index (κ1) is 16.1. The van der Waals surface area contributed by atoms with Gasteiger partial charge in [0.1, 0.15) is 12.4 Å². The summed E-state index contributed by atoms with van der Waals surface area (Å²) in [7, 11) is -1.35. The average Bonchev–Trinajstić information content (AvgIpc) is 2.23. The molecule has 17 heavy (non-hydrogen) atoms. The molecular weight excluding hydrogens is 248 g/mol. The van der Waals surface area contributed by atoms with Gasteiger partial charge < -0.3 is 14.6 Å². The Kier molecular flexibility index (Phi) is 9.65. The maximum Gasteiger partial charge on any atom is 0.318 e. The summed E-state index contributed by atoms with van der Waals surface area (Å²) in [4.78, 5) is 21.3. The number of hydrogen-bond donors (Lipinski definition) is 1. The van der Waals surface area contributed by atoms with Crippen LogP contribution in [0.2, 0.25) is 0 Å². The van der Waals surface area contributed by atoms with Crippen LogP contribution >= 0.6 is 0 Å². The van der Waals surface area contributed by atoms with E-state index in [0.29, 0.717) is 19.6 Å². The first-order valence-corrected chi connectivity index (χ1v) is 6.85. The molecule has 0 aliphatic rings. The van der Waals surface area contributed by atoms with Gasteiger partial charge in [0.25, 0.3) is 0 Å². The predicted octanol–water partition coefficient (Wildman–Crippen LogP) is 0.180. The minimum atomic E-state index is -1.35. The zero-order chi connectivity index (χ0) is 13.1. The fourth-order valence-corrected chi connectivity index (χ4v) is 1.95. The molecule has 0 fully saturated rings. The van der Waals surface area contributed by atoms with E-state index in [2.05, 4.69) is 0 Å². The van der Waals surface area contributed by atoms with Crippen molar-refractivity contribution < 1.29 is 28.4 Å². The van der Waals surface area contributed by atoms with Crippen LogP contribution in [0.1, 0.15) is 19.8 Å². The van der Waals surface area contributed by atoms with Gasteiger partial charge in [-0.2, -0.15) is 0 Å². The lowest BCUT2D eigenvalue weighted by Crippen LogP contribution is -2.18. The molecule has 1 unspecified atom stereocenters. The molecule has 0 amide bonds. The molecule has 1 N–H and O–H groups in total. The minimum Gasteiger partial charge on any atom is -0.481 e. The molecule has 0 heterocycles. The maximum absolute atomic E-state index is 11.3. The van der Waals surface area contributed by atoms with Crippen molar-refractivity contribution in [2.45, 2.75) is 19.8 Å². The molecule has 100 valence electrons.